The van der Waals surface area contributed by atoms with Crippen LogP contribution in [0, 0.1) is 0 Å². The SMILES string of the molecule is COc1ccc(-c2n[nH]c3c2C(c2ccc(OC)cc2OC)N(Cc2ccncc2)C3=O)cc1. The van der Waals surface area contributed by atoms with Crippen molar-refractivity contribution in [2.45, 2.75) is 12.6 Å². The predicted molar refractivity (Wildman–Crippen MR) is 126 cm³/mol. The Kier molecular flexibility index (Phi) is 5.63. The molecular formula is C26H24N4O4. The summed E-state index contributed by atoms with van der Waals surface area (Å²) in [6.45, 7) is 0.409. The van der Waals surface area contributed by atoms with Gasteiger partial charge in [-0.1, -0.05) is 0 Å². The summed E-state index contributed by atoms with van der Waals surface area (Å²) in [4.78, 5) is 19.5. The van der Waals surface area contributed by atoms with Crippen LogP contribution in [-0.2, 0) is 6.54 Å². The molecule has 1 amide bonds. The Morgan fingerprint density at radius 2 is 1.62 bits per heavy atom. The Bertz CT molecular complexity index is 1320. The molecule has 1 aliphatic rings. The minimum atomic E-state index is -0.410. The molecule has 1 unspecified atom stereocenters. The highest BCUT2D eigenvalue weighted by atomic mass is 16.5. The number of hydrogen-bond acceptors (Lipinski definition) is 6. The van der Waals surface area contributed by atoms with E-state index >= 15 is 0 Å². The predicted octanol–water partition coefficient (Wildman–Crippen LogP) is 4.24. The van der Waals surface area contributed by atoms with Crippen LogP contribution >= 0.6 is 0 Å². The fourth-order valence-corrected chi connectivity index (χ4v) is 4.38. The third kappa shape index (κ3) is 3.63. The van der Waals surface area contributed by atoms with Crippen molar-refractivity contribution in [3.05, 3.63) is 89.4 Å². The highest BCUT2D eigenvalue weighted by Gasteiger charge is 2.43. The van der Waals surface area contributed by atoms with E-state index in [4.69, 9.17) is 14.2 Å². The van der Waals surface area contributed by atoms with Crippen LogP contribution < -0.4 is 14.2 Å². The van der Waals surface area contributed by atoms with E-state index < -0.39 is 6.04 Å². The van der Waals surface area contributed by atoms with Gasteiger partial charge >= 0.3 is 0 Å². The van der Waals surface area contributed by atoms with Crippen molar-refractivity contribution in [1.29, 1.82) is 0 Å². The molecule has 1 atom stereocenters. The van der Waals surface area contributed by atoms with E-state index in [0.717, 1.165) is 28.0 Å². The zero-order valence-electron chi connectivity index (χ0n) is 19.1. The second-order valence-electron chi connectivity index (χ2n) is 7.89. The maximum Gasteiger partial charge on any atom is 0.273 e. The van der Waals surface area contributed by atoms with Gasteiger partial charge in [-0.2, -0.15) is 5.10 Å². The van der Waals surface area contributed by atoms with Crippen LogP contribution in [-0.4, -0.2) is 47.3 Å². The largest absolute Gasteiger partial charge is 0.497 e. The molecule has 34 heavy (non-hydrogen) atoms. The lowest BCUT2D eigenvalue weighted by molar-refractivity contribution is 0.0728. The number of benzene rings is 2. The monoisotopic (exact) mass is 456 g/mol. The molecule has 3 heterocycles. The number of carbonyl (C=O) groups excluding carboxylic acids is 1. The van der Waals surface area contributed by atoms with Crippen LogP contribution in [0.5, 0.6) is 17.2 Å². The van der Waals surface area contributed by atoms with Crippen molar-refractivity contribution in [1.82, 2.24) is 20.1 Å². The Labute approximate surface area is 197 Å². The second-order valence-corrected chi connectivity index (χ2v) is 7.89. The van der Waals surface area contributed by atoms with Crippen molar-refractivity contribution >= 4 is 5.91 Å². The fourth-order valence-electron chi connectivity index (χ4n) is 4.38. The van der Waals surface area contributed by atoms with E-state index in [9.17, 15) is 4.79 Å². The first-order valence-corrected chi connectivity index (χ1v) is 10.8. The highest BCUT2D eigenvalue weighted by molar-refractivity contribution is 6.00. The van der Waals surface area contributed by atoms with Gasteiger partial charge in [0.2, 0.25) is 0 Å². The number of aromatic nitrogens is 3. The molecule has 0 radical (unpaired) electrons. The average Bonchev–Trinajstić information content (AvgIpc) is 3.43. The van der Waals surface area contributed by atoms with Gasteiger partial charge in [0.25, 0.3) is 5.91 Å². The van der Waals surface area contributed by atoms with Crippen LogP contribution in [0.3, 0.4) is 0 Å². The third-order valence-corrected chi connectivity index (χ3v) is 6.06. The Balaban J connectivity index is 1.67. The summed E-state index contributed by atoms with van der Waals surface area (Å²) in [5, 5.41) is 7.52. The number of amides is 1. The van der Waals surface area contributed by atoms with E-state index in [2.05, 4.69) is 15.2 Å². The number of rotatable bonds is 7. The molecule has 0 saturated heterocycles. The number of carbonyl (C=O) groups is 1. The van der Waals surface area contributed by atoms with Crippen LogP contribution in [0.25, 0.3) is 11.3 Å². The molecule has 5 rings (SSSR count). The van der Waals surface area contributed by atoms with Gasteiger partial charge < -0.3 is 19.1 Å². The second kappa shape index (κ2) is 8.90. The molecule has 2 aromatic carbocycles. The van der Waals surface area contributed by atoms with Crippen LogP contribution in [0.2, 0.25) is 0 Å². The Hall–Kier alpha value is -4.33. The van der Waals surface area contributed by atoms with E-state index in [1.165, 1.54) is 0 Å². The fraction of sp³-hybridized carbons (Fsp3) is 0.192. The van der Waals surface area contributed by atoms with Crippen molar-refractivity contribution < 1.29 is 19.0 Å². The standard InChI is InChI=1S/C26H24N4O4/c1-32-18-6-4-17(5-7-18)23-22-24(29-28-23)26(31)30(15-16-10-12-27-13-11-16)25(22)20-9-8-19(33-2)14-21(20)34-3/h4-14,25H,15H2,1-3H3,(H,28,29). The van der Waals surface area contributed by atoms with Gasteiger partial charge in [0.15, 0.2) is 0 Å². The molecule has 0 saturated carbocycles. The summed E-state index contributed by atoms with van der Waals surface area (Å²) in [5.41, 5.74) is 4.71. The van der Waals surface area contributed by atoms with Gasteiger partial charge in [0.1, 0.15) is 22.9 Å². The number of ether oxygens (including phenoxy) is 3. The number of nitrogens with zero attached hydrogens (tertiary/aromatic N) is 3. The number of pyridine rings is 1. The van der Waals surface area contributed by atoms with Crippen molar-refractivity contribution in [3.8, 4) is 28.5 Å². The molecular weight excluding hydrogens is 432 g/mol. The number of fused-ring (bicyclic) bond motifs is 1. The first kappa shape index (κ1) is 21.5. The minimum absolute atomic E-state index is 0.123. The zero-order chi connectivity index (χ0) is 23.7. The molecule has 0 aliphatic carbocycles. The molecule has 0 spiro atoms. The summed E-state index contributed by atoms with van der Waals surface area (Å²) in [7, 11) is 4.85. The van der Waals surface area contributed by atoms with Crippen LogP contribution in [0.1, 0.15) is 33.2 Å². The normalized spacial score (nSPS) is 14.7. The van der Waals surface area contributed by atoms with Crippen LogP contribution in [0.4, 0.5) is 0 Å². The highest BCUT2D eigenvalue weighted by Crippen LogP contribution is 2.46. The number of hydrogen-bond donors (Lipinski definition) is 1. The van der Waals surface area contributed by atoms with Gasteiger partial charge in [-0.25, -0.2) is 0 Å². The molecule has 0 bridgehead atoms. The molecule has 0 fully saturated rings. The van der Waals surface area contributed by atoms with E-state index in [0.29, 0.717) is 29.4 Å². The van der Waals surface area contributed by atoms with Gasteiger partial charge in [-0.15, -0.1) is 0 Å². The zero-order valence-corrected chi connectivity index (χ0v) is 19.1. The quantitative estimate of drug-likeness (QED) is 0.447. The lowest BCUT2D eigenvalue weighted by atomic mass is 9.95. The molecule has 8 nitrogen and oxygen atoms in total. The topological polar surface area (TPSA) is 89.6 Å². The smallest absolute Gasteiger partial charge is 0.273 e. The first-order chi connectivity index (χ1) is 16.6. The molecule has 172 valence electrons. The summed E-state index contributed by atoms with van der Waals surface area (Å²) in [6, 6.07) is 16.7. The maximum absolute atomic E-state index is 13.6. The van der Waals surface area contributed by atoms with Gasteiger partial charge in [0, 0.05) is 41.7 Å². The van der Waals surface area contributed by atoms with Gasteiger partial charge in [0.05, 0.1) is 33.1 Å². The summed E-state index contributed by atoms with van der Waals surface area (Å²) in [5.74, 6) is 1.93. The molecule has 4 aromatic rings. The average molecular weight is 457 g/mol. The lowest BCUT2D eigenvalue weighted by Crippen LogP contribution is -2.29. The van der Waals surface area contributed by atoms with Crippen LogP contribution in [0.15, 0.2) is 67.0 Å². The van der Waals surface area contributed by atoms with E-state index in [-0.39, 0.29) is 5.91 Å². The van der Waals surface area contributed by atoms with E-state index in [1.54, 1.807) is 33.7 Å². The molecule has 1 N–H and O–H groups in total. The molecule has 8 heteroatoms. The summed E-state index contributed by atoms with van der Waals surface area (Å²) < 4.78 is 16.4. The summed E-state index contributed by atoms with van der Waals surface area (Å²) in [6.07, 6.45) is 3.45. The molecule has 1 aliphatic heterocycles. The number of nitrogens with one attached hydrogen (secondary N) is 1. The Morgan fingerprint density at radius 1 is 0.912 bits per heavy atom. The van der Waals surface area contributed by atoms with Crippen molar-refractivity contribution in [2.24, 2.45) is 0 Å². The third-order valence-electron chi connectivity index (χ3n) is 6.06. The summed E-state index contributed by atoms with van der Waals surface area (Å²) >= 11 is 0. The van der Waals surface area contributed by atoms with Gasteiger partial charge in [-0.3, -0.25) is 14.9 Å². The first-order valence-electron chi connectivity index (χ1n) is 10.8. The van der Waals surface area contributed by atoms with E-state index in [1.807, 2.05) is 59.5 Å². The van der Waals surface area contributed by atoms with Crippen molar-refractivity contribution in [3.63, 3.8) is 0 Å². The van der Waals surface area contributed by atoms with Crippen molar-refractivity contribution in [2.75, 3.05) is 21.3 Å². The minimum Gasteiger partial charge on any atom is -0.497 e. The Morgan fingerprint density at radius 3 is 2.29 bits per heavy atom. The number of aromatic amines is 1. The molecule has 2 aromatic heterocycles. The lowest BCUT2D eigenvalue weighted by Gasteiger charge is -2.28. The maximum atomic E-state index is 13.6. The van der Waals surface area contributed by atoms with Gasteiger partial charge in [-0.05, 0) is 54.1 Å². The number of H-pyrrole nitrogens is 1. The number of methoxy groups -OCH3 is 3.